The van der Waals surface area contributed by atoms with Crippen LogP contribution in [0.4, 0.5) is 8.78 Å². The standard InChI is InChI=1S/C23H22F2N4O.2ClH/c24-18-7-6-17(20(25)12-18)14-29-22(30)19-15-27(13-16-4-2-1-3-5-16)10-8-21(19)28-11-9-26-23(28)29;;/h1-7,12H,8-11,13-15H2;2*1H. The molecule has 0 aromatic heterocycles. The van der Waals surface area contributed by atoms with E-state index in [2.05, 4.69) is 26.9 Å². The molecule has 9 heteroatoms. The van der Waals surface area contributed by atoms with Gasteiger partial charge in [-0.3, -0.25) is 19.6 Å². The Morgan fingerprint density at radius 3 is 2.50 bits per heavy atom. The summed E-state index contributed by atoms with van der Waals surface area (Å²) in [6, 6.07) is 13.7. The Morgan fingerprint density at radius 2 is 1.75 bits per heavy atom. The summed E-state index contributed by atoms with van der Waals surface area (Å²) in [5.74, 6) is -0.834. The first kappa shape index (κ1) is 24.2. The smallest absolute Gasteiger partial charge is 0.259 e. The Bertz CT molecular complexity index is 1060. The Balaban J connectivity index is 0.00000144. The van der Waals surface area contributed by atoms with Gasteiger partial charge in [-0.25, -0.2) is 8.78 Å². The molecule has 2 aromatic carbocycles. The molecule has 170 valence electrons. The number of nitrogens with zero attached hydrogens (tertiary/aromatic N) is 4. The summed E-state index contributed by atoms with van der Waals surface area (Å²) >= 11 is 0. The summed E-state index contributed by atoms with van der Waals surface area (Å²) in [5, 5.41) is 0. The predicted molar refractivity (Wildman–Crippen MR) is 124 cm³/mol. The highest BCUT2D eigenvalue weighted by molar-refractivity contribution is 6.09. The molecule has 0 fully saturated rings. The minimum Gasteiger partial charge on any atom is -0.314 e. The molecule has 0 unspecified atom stereocenters. The second-order valence-electron chi connectivity index (χ2n) is 7.83. The van der Waals surface area contributed by atoms with Gasteiger partial charge in [0, 0.05) is 49.9 Å². The van der Waals surface area contributed by atoms with Gasteiger partial charge >= 0.3 is 0 Å². The van der Waals surface area contributed by atoms with Crippen molar-refractivity contribution in [2.24, 2.45) is 4.99 Å². The van der Waals surface area contributed by atoms with Gasteiger partial charge in [0.15, 0.2) is 0 Å². The van der Waals surface area contributed by atoms with Gasteiger partial charge in [0.25, 0.3) is 5.91 Å². The van der Waals surface area contributed by atoms with E-state index in [4.69, 9.17) is 0 Å². The molecule has 3 heterocycles. The SMILES string of the molecule is Cl.Cl.O=C1C2=C(CCN(Cc3ccccc3)C2)N2CCN=C2N1Cc1ccc(F)cc1F. The van der Waals surface area contributed by atoms with Crippen molar-refractivity contribution in [3.05, 3.63) is 82.6 Å². The summed E-state index contributed by atoms with van der Waals surface area (Å²) in [4.78, 5) is 23.8. The van der Waals surface area contributed by atoms with Crippen LogP contribution in [0.1, 0.15) is 17.5 Å². The molecule has 0 aliphatic carbocycles. The summed E-state index contributed by atoms with van der Waals surface area (Å²) < 4.78 is 27.6. The van der Waals surface area contributed by atoms with Crippen LogP contribution in [0.25, 0.3) is 0 Å². The molecular formula is C23H24Cl2F2N4O. The average Bonchev–Trinajstić information content (AvgIpc) is 3.23. The van der Waals surface area contributed by atoms with E-state index in [9.17, 15) is 13.6 Å². The summed E-state index contributed by atoms with van der Waals surface area (Å²) in [7, 11) is 0. The molecule has 0 saturated carbocycles. The number of guanidine groups is 1. The van der Waals surface area contributed by atoms with Crippen molar-refractivity contribution in [3.63, 3.8) is 0 Å². The molecule has 0 atom stereocenters. The molecule has 0 saturated heterocycles. The van der Waals surface area contributed by atoms with Gasteiger partial charge in [0.05, 0.1) is 18.7 Å². The molecule has 0 spiro atoms. The predicted octanol–water partition coefficient (Wildman–Crippen LogP) is 3.98. The fourth-order valence-corrected chi connectivity index (χ4v) is 4.41. The lowest BCUT2D eigenvalue weighted by atomic mass is 10.00. The minimum atomic E-state index is -0.651. The largest absolute Gasteiger partial charge is 0.314 e. The Morgan fingerprint density at radius 1 is 0.969 bits per heavy atom. The number of hydrogen-bond donors (Lipinski definition) is 0. The third-order valence-electron chi connectivity index (χ3n) is 5.88. The maximum absolute atomic E-state index is 14.3. The van der Waals surface area contributed by atoms with Crippen LogP contribution in [-0.2, 0) is 17.9 Å². The highest BCUT2D eigenvalue weighted by atomic mass is 35.5. The molecule has 3 aliphatic rings. The van der Waals surface area contributed by atoms with E-state index in [0.29, 0.717) is 19.0 Å². The van der Waals surface area contributed by atoms with Crippen LogP contribution in [0.15, 0.2) is 64.8 Å². The van der Waals surface area contributed by atoms with E-state index in [1.807, 2.05) is 18.2 Å². The van der Waals surface area contributed by atoms with Crippen molar-refractivity contribution in [1.29, 1.82) is 0 Å². The van der Waals surface area contributed by atoms with Gasteiger partial charge in [-0.2, -0.15) is 0 Å². The highest BCUT2D eigenvalue weighted by Crippen LogP contribution is 2.32. The molecule has 0 N–H and O–H groups in total. The molecule has 32 heavy (non-hydrogen) atoms. The van der Waals surface area contributed by atoms with Gasteiger partial charge in [-0.05, 0) is 11.6 Å². The molecule has 3 aliphatic heterocycles. The average molecular weight is 481 g/mol. The van der Waals surface area contributed by atoms with E-state index in [1.54, 1.807) is 0 Å². The van der Waals surface area contributed by atoms with Crippen LogP contribution in [0, 0.1) is 11.6 Å². The fourth-order valence-electron chi connectivity index (χ4n) is 4.41. The van der Waals surface area contributed by atoms with Crippen LogP contribution in [0.3, 0.4) is 0 Å². The summed E-state index contributed by atoms with van der Waals surface area (Å²) in [6.45, 7) is 3.57. The maximum Gasteiger partial charge on any atom is 0.259 e. The second kappa shape index (κ2) is 9.98. The van der Waals surface area contributed by atoms with Crippen molar-refractivity contribution in [3.8, 4) is 0 Å². The lowest BCUT2D eigenvalue weighted by molar-refractivity contribution is -0.125. The Labute approximate surface area is 198 Å². The molecule has 0 bridgehead atoms. The number of hydrogen-bond acceptors (Lipinski definition) is 4. The minimum absolute atomic E-state index is 0. The van der Waals surface area contributed by atoms with Crippen LogP contribution < -0.4 is 0 Å². The zero-order chi connectivity index (χ0) is 20.7. The van der Waals surface area contributed by atoms with E-state index in [0.717, 1.165) is 43.4 Å². The van der Waals surface area contributed by atoms with Crippen molar-refractivity contribution in [1.82, 2.24) is 14.7 Å². The number of aliphatic imine (C=N–C) groups is 1. The molecule has 1 amide bonds. The number of carbonyl (C=O) groups is 1. The summed E-state index contributed by atoms with van der Waals surface area (Å²) in [5.41, 5.74) is 3.27. The first-order valence-electron chi connectivity index (χ1n) is 10.2. The van der Waals surface area contributed by atoms with Crippen molar-refractivity contribution in [2.75, 3.05) is 26.2 Å². The van der Waals surface area contributed by atoms with Crippen molar-refractivity contribution >= 4 is 36.7 Å². The molecule has 5 rings (SSSR count). The zero-order valence-corrected chi connectivity index (χ0v) is 19.0. The topological polar surface area (TPSA) is 39.2 Å². The van der Waals surface area contributed by atoms with E-state index < -0.39 is 11.6 Å². The van der Waals surface area contributed by atoms with E-state index >= 15 is 0 Å². The lowest BCUT2D eigenvalue weighted by Crippen LogP contribution is -2.53. The monoisotopic (exact) mass is 480 g/mol. The first-order valence-corrected chi connectivity index (χ1v) is 10.2. The van der Waals surface area contributed by atoms with Gasteiger partial charge in [-0.1, -0.05) is 36.4 Å². The van der Waals surface area contributed by atoms with E-state index in [-0.39, 0.29) is 42.8 Å². The van der Waals surface area contributed by atoms with Crippen molar-refractivity contribution in [2.45, 2.75) is 19.5 Å². The third-order valence-corrected chi connectivity index (χ3v) is 5.88. The normalized spacial score (nSPS) is 17.9. The van der Waals surface area contributed by atoms with Crippen LogP contribution in [0.2, 0.25) is 0 Å². The Kier molecular flexibility index (Phi) is 7.54. The van der Waals surface area contributed by atoms with Crippen LogP contribution in [0.5, 0.6) is 0 Å². The molecule has 0 radical (unpaired) electrons. The number of fused-ring (bicyclic) bond motifs is 2. The van der Waals surface area contributed by atoms with Gasteiger partial charge in [-0.15, -0.1) is 24.8 Å². The number of amides is 1. The van der Waals surface area contributed by atoms with Gasteiger partial charge in [0.1, 0.15) is 11.6 Å². The third kappa shape index (κ3) is 4.51. The van der Waals surface area contributed by atoms with Crippen LogP contribution >= 0.6 is 24.8 Å². The molecule has 5 nitrogen and oxygen atoms in total. The number of carbonyl (C=O) groups excluding carboxylic acids is 1. The number of benzene rings is 2. The number of halogens is 4. The first-order chi connectivity index (χ1) is 14.6. The quantitative estimate of drug-likeness (QED) is 0.664. The van der Waals surface area contributed by atoms with Crippen LogP contribution in [-0.4, -0.2) is 52.7 Å². The molecular weight excluding hydrogens is 457 g/mol. The van der Waals surface area contributed by atoms with Gasteiger partial charge in [0.2, 0.25) is 5.96 Å². The van der Waals surface area contributed by atoms with Gasteiger partial charge < -0.3 is 4.90 Å². The fraction of sp³-hybridized carbons (Fsp3) is 0.304. The highest BCUT2D eigenvalue weighted by Gasteiger charge is 2.41. The summed E-state index contributed by atoms with van der Waals surface area (Å²) in [6.07, 6.45) is 0.783. The second-order valence-corrected chi connectivity index (χ2v) is 7.83. The lowest BCUT2D eigenvalue weighted by Gasteiger charge is -2.42. The Hall–Kier alpha value is -2.48. The molecule has 2 aromatic rings. The van der Waals surface area contributed by atoms with Crippen molar-refractivity contribution < 1.29 is 13.6 Å². The number of rotatable bonds is 4. The maximum atomic E-state index is 14.3. The van der Waals surface area contributed by atoms with E-state index in [1.165, 1.54) is 22.6 Å². The zero-order valence-electron chi connectivity index (χ0n) is 17.3.